The summed E-state index contributed by atoms with van der Waals surface area (Å²) in [5.41, 5.74) is 3.31. The number of halogens is 1. The monoisotopic (exact) mass is 452 g/mol. The van der Waals surface area contributed by atoms with Gasteiger partial charge in [-0.1, -0.05) is 12.1 Å². The van der Waals surface area contributed by atoms with Gasteiger partial charge in [-0.25, -0.2) is 14.6 Å². The van der Waals surface area contributed by atoms with Crippen molar-refractivity contribution in [2.45, 2.75) is 13.5 Å². The number of hydrazone groups is 1. The van der Waals surface area contributed by atoms with E-state index in [4.69, 9.17) is 4.74 Å². The van der Waals surface area contributed by atoms with Gasteiger partial charge in [0.25, 0.3) is 5.56 Å². The molecule has 2 aromatic carbocycles. The molecule has 0 aliphatic rings. The molecular weight excluding hydrogens is 431 g/mol. The number of imidazole rings is 1. The van der Waals surface area contributed by atoms with E-state index in [1.807, 2.05) is 6.92 Å². The molecule has 0 amide bonds. The molecule has 0 fully saturated rings. The fourth-order valence-electron chi connectivity index (χ4n) is 3.29. The molecule has 0 atom stereocenters. The van der Waals surface area contributed by atoms with Gasteiger partial charge in [0.15, 0.2) is 22.7 Å². The van der Waals surface area contributed by atoms with Crippen molar-refractivity contribution < 1.29 is 14.2 Å². The summed E-state index contributed by atoms with van der Waals surface area (Å²) in [6.07, 6.45) is 1.49. The van der Waals surface area contributed by atoms with Gasteiger partial charge in [0.2, 0.25) is 5.95 Å². The van der Waals surface area contributed by atoms with Gasteiger partial charge in [0.05, 0.1) is 19.4 Å². The molecule has 4 aromatic rings. The van der Waals surface area contributed by atoms with E-state index in [1.54, 1.807) is 28.8 Å². The Kier molecular flexibility index (Phi) is 5.94. The molecule has 0 aliphatic heterocycles. The lowest BCUT2D eigenvalue weighted by Gasteiger charge is -2.08. The summed E-state index contributed by atoms with van der Waals surface area (Å²) < 4.78 is 21.5. The van der Waals surface area contributed by atoms with E-state index in [9.17, 15) is 19.1 Å². The number of fused-ring (bicyclic) bond motifs is 1. The largest absolute Gasteiger partial charge is 0.504 e. The van der Waals surface area contributed by atoms with E-state index >= 15 is 0 Å². The zero-order chi connectivity index (χ0) is 23.5. The molecule has 2 aromatic heterocycles. The number of nitrogens with zero attached hydrogens (tertiary/aromatic N) is 4. The number of phenols is 1. The number of aromatic nitrogens is 4. The van der Waals surface area contributed by atoms with E-state index < -0.39 is 11.2 Å². The van der Waals surface area contributed by atoms with E-state index in [0.29, 0.717) is 17.9 Å². The second-order valence-corrected chi connectivity index (χ2v) is 7.17. The number of hydrogen-bond acceptors (Lipinski definition) is 7. The number of phenolic OH excluding ortho intramolecular Hbond substituents is 1. The maximum absolute atomic E-state index is 13.3. The summed E-state index contributed by atoms with van der Waals surface area (Å²) in [5, 5.41) is 14.0. The number of ether oxygens (including phenoxy) is 1. The molecule has 3 N–H and O–H groups in total. The maximum Gasteiger partial charge on any atom is 0.329 e. The Morgan fingerprint density at radius 3 is 2.73 bits per heavy atom. The first-order valence-electron chi connectivity index (χ1n) is 10.1. The summed E-state index contributed by atoms with van der Waals surface area (Å²) in [4.78, 5) is 31.2. The summed E-state index contributed by atoms with van der Waals surface area (Å²) in [7, 11) is 1.49. The smallest absolute Gasteiger partial charge is 0.329 e. The van der Waals surface area contributed by atoms with Gasteiger partial charge in [-0.2, -0.15) is 10.1 Å². The maximum atomic E-state index is 13.3. The van der Waals surface area contributed by atoms with Crippen molar-refractivity contribution in [2.75, 3.05) is 12.0 Å². The van der Waals surface area contributed by atoms with Crippen molar-refractivity contribution in [3.8, 4) is 11.5 Å². The number of aromatic hydroxyl groups is 1. The molecule has 0 radical (unpaired) electrons. The van der Waals surface area contributed by atoms with Crippen LogP contribution in [0.2, 0.25) is 0 Å². The van der Waals surface area contributed by atoms with Crippen LogP contribution in [-0.2, 0) is 13.6 Å². The zero-order valence-electron chi connectivity index (χ0n) is 17.9. The van der Waals surface area contributed by atoms with Gasteiger partial charge in [0, 0.05) is 7.05 Å². The van der Waals surface area contributed by atoms with Crippen LogP contribution in [0.25, 0.3) is 11.2 Å². The van der Waals surface area contributed by atoms with Crippen molar-refractivity contribution in [3.05, 3.63) is 80.2 Å². The van der Waals surface area contributed by atoms with Crippen LogP contribution >= 0.6 is 0 Å². The number of aryl methyl sites for hydroxylation is 1. The third kappa shape index (κ3) is 4.47. The molecular formula is C22H21FN6O4. The molecule has 11 heteroatoms. The second-order valence-electron chi connectivity index (χ2n) is 7.17. The first kappa shape index (κ1) is 21.8. The Morgan fingerprint density at radius 2 is 2.00 bits per heavy atom. The highest BCUT2D eigenvalue weighted by molar-refractivity contribution is 5.81. The van der Waals surface area contributed by atoms with Crippen molar-refractivity contribution in [1.29, 1.82) is 0 Å². The van der Waals surface area contributed by atoms with Crippen LogP contribution in [0.5, 0.6) is 11.5 Å². The Hall–Kier alpha value is -4.41. The van der Waals surface area contributed by atoms with Crippen LogP contribution in [0.3, 0.4) is 0 Å². The normalized spacial score (nSPS) is 11.4. The highest BCUT2D eigenvalue weighted by atomic mass is 19.1. The fraction of sp³-hybridized carbons (Fsp3) is 0.182. The topological polar surface area (TPSA) is 127 Å². The predicted molar refractivity (Wildman–Crippen MR) is 122 cm³/mol. The average Bonchev–Trinajstić information content (AvgIpc) is 3.15. The highest BCUT2D eigenvalue weighted by Gasteiger charge is 2.17. The Morgan fingerprint density at radius 1 is 1.24 bits per heavy atom. The molecule has 0 aliphatic carbocycles. The predicted octanol–water partition coefficient (Wildman–Crippen LogP) is 2.16. The second kappa shape index (κ2) is 8.99. The fourth-order valence-corrected chi connectivity index (χ4v) is 3.29. The van der Waals surface area contributed by atoms with E-state index in [-0.39, 0.29) is 35.2 Å². The first-order valence-corrected chi connectivity index (χ1v) is 10.1. The number of rotatable bonds is 7. The lowest BCUT2D eigenvalue weighted by molar-refractivity contribution is 0.318. The zero-order valence-corrected chi connectivity index (χ0v) is 17.9. The quantitative estimate of drug-likeness (QED) is 0.291. The number of anilines is 1. The SMILES string of the molecule is CCOc1cc(/C=N/Nc2nc3c(c(=O)[nH]c(=O)n3C)n2Cc2ccc(F)cc2)ccc1O. The lowest BCUT2D eigenvalue weighted by Crippen LogP contribution is -2.29. The van der Waals surface area contributed by atoms with Crippen molar-refractivity contribution >= 4 is 23.3 Å². The standard InChI is InChI=1S/C22H21FN6O4/c1-3-33-17-10-14(6-9-16(17)30)11-24-27-21-25-19-18(20(31)26-22(32)28(19)2)29(21)12-13-4-7-15(23)8-5-13/h4-11,30H,3,12H2,1-2H3,(H,25,27)(H,26,31,32)/b24-11+. The van der Waals surface area contributed by atoms with Crippen LogP contribution in [-0.4, -0.2) is 37.0 Å². The van der Waals surface area contributed by atoms with Crippen molar-refractivity contribution in [3.63, 3.8) is 0 Å². The van der Waals surface area contributed by atoms with Crippen LogP contribution in [0.15, 0.2) is 57.2 Å². The number of benzene rings is 2. The number of hydrogen-bond donors (Lipinski definition) is 3. The van der Waals surface area contributed by atoms with Gasteiger partial charge in [-0.15, -0.1) is 0 Å². The first-order chi connectivity index (χ1) is 15.9. The molecule has 0 unspecified atom stereocenters. The van der Waals surface area contributed by atoms with Gasteiger partial charge in [0.1, 0.15) is 5.82 Å². The van der Waals surface area contributed by atoms with Gasteiger partial charge in [-0.05, 0) is 48.4 Å². The molecule has 0 saturated heterocycles. The molecule has 0 saturated carbocycles. The van der Waals surface area contributed by atoms with Crippen LogP contribution < -0.4 is 21.4 Å². The minimum Gasteiger partial charge on any atom is -0.504 e. The number of nitrogens with one attached hydrogen (secondary N) is 2. The summed E-state index contributed by atoms with van der Waals surface area (Å²) in [6, 6.07) is 10.6. The number of aromatic amines is 1. The molecule has 4 rings (SSSR count). The number of H-pyrrole nitrogens is 1. The molecule has 33 heavy (non-hydrogen) atoms. The molecule has 0 spiro atoms. The Balaban J connectivity index is 1.72. The van der Waals surface area contributed by atoms with Crippen LogP contribution in [0.4, 0.5) is 10.3 Å². The van der Waals surface area contributed by atoms with E-state index in [1.165, 1.54) is 36.0 Å². The van der Waals surface area contributed by atoms with Crippen molar-refractivity contribution in [1.82, 2.24) is 19.1 Å². The van der Waals surface area contributed by atoms with Crippen LogP contribution in [0.1, 0.15) is 18.1 Å². The minimum absolute atomic E-state index is 0.0168. The average molecular weight is 452 g/mol. The molecule has 2 heterocycles. The van der Waals surface area contributed by atoms with E-state index in [0.717, 1.165) is 5.56 Å². The third-order valence-corrected chi connectivity index (χ3v) is 4.92. The summed E-state index contributed by atoms with van der Waals surface area (Å²) in [5.74, 6) is 0.175. The van der Waals surface area contributed by atoms with Gasteiger partial charge in [-0.3, -0.25) is 18.9 Å². The molecule has 0 bridgehead atoms. The summed E-state index contributed by atoms with van der Waals surface area (Å²) >= 11 is 0. The Bertz CT molecular complexity index is 1450. The minimum atomic E-state index is -0.598. The third-order valence-electron chi connectivity index (χ3n) is 4.92. The summed E-state index contributed by atoms with van der Waals surface area (Å²) in [6.45, 7) is 2.39. The van der Waals surface area contributed by atoms with E-state index in [2.05, 4.69) is 20.5 Å². The highest BCUT2D eigenvalue weighted by Crippen LogP contribution is 2.26. The Labute approximate surface area is 186 Å². The van der Waals surface area contributed by atoms with Crippen LogP contribution in [0, 0.1) is 5.82 Å². The van der Waals surface area contributed by atoms with Gasteiger partial charge >= 0.3 is 5.69 Å². The molecule has 10 nitrogen and oxygen atoms in total. The van der Waals surface area contributed by atoms with Gasteiger partial charge < -0.3 is 9.84 Å². The lowest BCUT2D eigenvalue weighted by atomic mass is 10.2. The molecule has 170 valence electrons. The van der Waals surface area contributed by atoms with Crippen molar-refractivity contribution in [2.24, 2.45) is 12.1 Å².